The summed E-state index contributed by atoms with van der Waals surface area (Å²) in [6, 6.07) is 4.29. The van der Waals surface area contributed by atoms with E-state index in [9.17, 15) is 4.39 Å². The van der Waals surface area contributed by atoms with Crippen molar-refractivity contribution in [1.82, 2.24) is 0 Å². The molecule has 2 N–H and O–H groups in total. The summed E-state index contributed by atoms with van der Waals surface area (Å²) >= 11 is 0. The zero-order valence-corrected chi connectivity index (χ0v) is 9.28. The number of hydrogen-bond donors (Lipinski definition) is 1. The standard InChI is InChI=1S/C12H16FNO2/c1-8(14)11-3-2-9(13)6-12(11)16-10-4-5-15-7-10/h2-3,6,8,10H,4-5,7,14H2,1H3. The molecule has 0 bridgehead atoms. The molecular weight excluding hydrogens is 209 g/mol. The van der Waals surface area contributed by atoms with E-state index in [0.29, 0.717) is 19.0 Å². The summed E-state index contributed by atoms with van der Waals surface area (Å²) in [4.78, 5) is 0. The van der Waals surface area contributed by atoms with Gasteiger partial charge in [0, 0.05) is 24.1 Å². The maximum absolute atomic E-state index is 13.1. The van der Waals surface area contributed by atoms with Crippen LogP contribution in [0.3, 0.4) is 0 Å². The van der Waals surface area contributed by atoms with E-state index < -0.39 is 0 Å². The number of halogens is 1. The van der Waals surface area contributed by atoms with Crippen LogP contribution in [0.25, 0.3) is 0 Å². The average Bonchev–Trinajstić information content (AvgIpc) is 2.70. The van der Waals surface area contributed by atoms with E-state index in [4.69, 9.17) is 15.2 Å². The van der Waals surface area contributed by atoms with Crippen molar-refractivity contribution < 1.29 is 13.9 Å². The van der Waals surface area contributed by atoms with Gasteiger partial charge in [0.2, 0.25) is 0 Å². The molecule has 1 saturated heterocycles. The molecule has 2 unspecified atom stereocenters. The van der Waals surface area contributed by atoms with Crippen molar-refractivity contribution in [2.24, 2.45) is 5.73 Å². The molecule has 0 aliphatic carbocycles. The Hall–Kier alpha value is -1.13. The lowest BCUT2D eigenvalue weighted by molar-refractivity contribution is 0.140. The molecular formula is C12H16FNO2. The monoisotopic (exact) mass is 225 g/mol. The summed E-state index contributed by atoms with van der Waals surface area (Å²) in [5.74, 6) is 0.226. The molecule has 1 aliphatic rings. The molecule has 0 amide bonds. The first-order chi connectivity index (χ1) is 7.66. The fraction of sp³-hybridized carbons (Fsp3) is 0.500. The van der Waals surface area contributed by atoms with Crippen molar-refractivity contribution in [3.05, 3.63) is 29.6 Å². The highest BCUT2D eigenvalue weighted by atomic mass is 19.1. The maximum Gasteiger partial charge on any atom is 0.127 e. The molecule has 0 radical (unpaired) electrons. The number of ether oxygens (including phenoxy) is 2. The van der Waals surface area contributed by atoms with E-state index in [-0.39, 0.29) is 18.0 Å². The zero-order valence-electron chi connectivity index (χ0n) is 9.28. The second-order valence-corrected chi connectivity index (χ2v) is 4.07. The molecule has 4 heteroatoms. The van der Waals surface area contributed by atoms with Gasteiger partial charge in [-0.15, -0.1) is 0 Å². The Morgan fingerprint density at radius 2 is 2.38 bits per heavy atom. The highest BCUT2D eigenvalue weighted by Crippen LogP contribution is 2.27. The molecule has 1 aromatic rings. The molecule has 0 saturated carbocycles. The Morgan fingerprint density at radius 1 is 1.56 bits per heavy atom. The van der Waals surface area contributed by atoms with Crippen LogP contribution in [-0.4, -0.2) is 19.3 Å². The van der Waals surface area contributed by atoms with E-state index in [0.717, 1.165) is 12.0 Å². The summed E-state index contributed by atoms with van der Waals surface area (Å²) in [5.41, 5.74) is 6.63. The summed E-state index contributed by atoms with van der Waals surface area (Å²) in [6.45, 7) is 3.12. The predicted octanol–water partition coefficient (Wildman–Crippen LogP) is 2.01. The molecule has 16 heavy (non-hydrogen) atoms. The van der Waals surface area contributed by atoms with Crippen LogP contribution in [0.5, 0.6) is 5.75 Å². The largest absolute Gasteiger partial charge is 0.487 e. The second-order valence-electron chi connectivity index (χ2n) is 4.07. The minimum atomic E-state index is -0.307. The lowest BCUT2D eigenvalue weighted by Gasteiger charge is -2.17. The molecule has 1 heterocycles. The van der Waals surface area contributed by atoms with Gasteiger partial charge in [0.05, 0.1) is 13.2 Å². The van der Waals surface area contributed by atoms with Crippen LogP contribution in [0.1, 0.15) is 24.9 Å². The van der Waals surface area contributed by atoms with Gasteiger partial charge in [0.25, 0.3) is 0 Å². The van der Waals surface area contributed by atoms with Gasteiger partial charge in [0.1, 0.15) is 17.7 Å². The van der Waals surface area contributed by atoms with Crippen molar-refractivity contribution in [2.75, 3.05) is 13.2 Å². The Balaban J connectivity index is 2.19. The van der Waals surface area contributed by atoms with Gasteiger partial charge in [0.15, 0.2) is 0 Å². The molecule has 2 atom stereocenters. The van der Waals surface area contributed by atoms with E-state index in [1.54, 1.807) is 6.07 Å². The third-order valence-corrected chi connectivity index (χ3v) is 2.65. The van der Waals surface area contributed by atoms with Crippen LogP contribution in [0.4, 0.5) is 4.39 Å². The van der Waals surface area contributed by atoms with Crippen molar-refractivity contribution in [1.29, 1.82) is 0 Å². The fourth-order valence-electron chi connectivity index (χ4n) is 1.77. The van der Waals surface area contributed by atoms with Gasteiger partial charge >= 0.3 is 0 Å². The quantitative estimate of drug-likeness (QED) is 0.855. The smallest absolute Gasteiger partial charge is 0.127 e. The van der Waals surface area contributed by atoms with Gasteiger partial charge < -0.3 is 15.2 Å². The normalized spacial score (nSPS) is 22.1. The summed E-state index contributed by atoms with van der Waals surface area (Å²) in [5, 5.41) is 0. The minimum absolute atomic E-state index is 0.0132. The number of benzene rings is 1. The van der Waals surface area contributed by atoms with Crippen LogP contribution in [-0.2, 0) is 4.74 Å². The minimum Gasteiger partial charge on any atom is -0.487 e. The predicted molar refractivity (Wildman–Crippen MR) is 58.9 cm³/mol. The van der Waals surface area contributed by atoms with Crippen LogP contribution in [0, 0.1) is 5.82 Å². The molecule has 3 nitrogen and oxygen atoms in total. The molecule has 1 aromatic carbocycles. The summed E-state index contributed by atoms with van der Waals surface area (Å²) in [6.07, 6.45) is 0.855. The third-order valence-electron chi connectivity index (χ3n) is 2.65. The van der Waals surface area contributed by atoms with Crippen molar-refractivity contribution in [3.8, 4) is 5.75 Å². The van der Waals surface area contributed by atoms with E-state index in [2.05, 4.69) is 0 Å². The zero-order chi connectivity index (χ0) is 11.5. The third kappa shape index (κ3) is 2.51. The highest BCUT2D eigenvalue weighted by molar-refractivity contribution is 5.36. The summed E-state index contributed by atoms with van der Waals surface area (Å²) < 4.78 is 24.0. The molecule has 0 aromatic heterocycles. The first-order valence-electron chi connectivity index (χ1n) is 5.46. The Morgan fingerprint density at radius 3 is 3.00 bits per heavy atom. The van der Waals surface area contributed by atoms with Crippen molar-refractivity contribution in [3.63, 3.8) is 0 Å². The van der Waals surface area contributed by atoms with Gasteiger partial charge in [-0.3, -0.25) is 0 Å². The first-order valence-corrected chi connectivity index (χ1v) is 5.46. The maximum atomic E-state index is 13.1. The van der Waals surface area contributed by atoms with E-state index >= 15 is 0 Å². The number of hydrogen-bond acceptors (Lipinski definition) is 3. The fourth-order valence-corrected chi connectivity index (χ4v) is 1.77. The van der Waals surface area contributed by atoms with Gasteiger partial charge in [-0.2, -0.15) is 0 Å². The second kappa shape index (κ2) is 4.80. The molecule has 2 rings (SSSR count). The topological polar surface area (TPSA) is 44.5 Å². The van der Waals surface area contributed by atoms with Crippen LogP contribution in [0.2, 0.25) is 0 Å². The summed E-state index contributed by atoms with van der Waals surface area (Å²) in [7, 11) is 0. The van der Waals surface area contributed by atoms with Gasteiger partial charge in [-0.25, -0.2) is 4.39 Å². The molecule has 1 fully saturated rings. The van der Waals surface area contributed by atoms with Gasteiger partial charge in [-0.1, -0.05) is 6.07 Å². The van der Waals surface area contributed by atoms with Crippen molar-refractivity contribution in [2.45, 2.75) is 25.5 Å². The van der Waals surface area contributed by atoms with Crippen LogP contribution in [0.15, 0.2) is 18.2 Å². The Kier molecular flexibility index (Phi) is 3.41. The highest BCUT2D eigenvalue weighted by Gasteiger charge is 2.19. The van der Waals surface area contributed by atoms with E-state index in [1.807, 2.05) is 6.92 Å². The van der Waals surface area contributed by atoms with Crippen molar-refractivity contribution >= 4 is 0 Å². The average molecular weight is 225 g/mol. The SMILES string of the molecule is CC(N)c1ccc(F)cc1OC1CCOC1. The number of nitrogens with two attached hydrogens (primary N) is 1. The Bertz CT molecular complexity index is 362. The number of rotatable bonds is 3. The van der Waals surface area contributed by atoms with Crippen LogP contribution >= 0.6 is 0 Å². The molecule has 1 aliphatic heterocycles. The van der Waals surface area contributed by atoms with E-state index in [1.165, 1.54) is 12.1 Å². The van der Waals surface area contributed by atoms with Crippen LogP contribution < -0.4 is 10.5 Å². The Labute approximate surface area is 94.3 Å². The van der Waals surface area contributed by atoms with Gasteiger partial charge in [-0.05, 0) is 13.0 Å². The lowest BCUT2D eigenvalue weighted by atomic mass is 10.1. The lowest BCUT2D eigenvalue weighted by Crippen LogP contribution is -2.18. The molecule has 0 spiro atoms. The first kappa shape index (κ1) is 11.4. The molecule has 88 valence electrons.